The smallest absolute Gasteiger partial charge is 0.261 e. The standard InChI is InChI=1S/C18H20N2O4S2/c1-24-13-4-2-5-14(10-13)26(22,23)20-11-12-8-15(16(20)9-12)19-18(21)17-6-3-7-25-17/h2-7,10,12,15-16H,8-9,11H2,1H3,(H,19,21)/t12-,15+,16-/m1/s1. The van der Waals surface area contributed by atoms with Crippen molar-refractivity contribution in [3.8, 4) is 5.75 Å². The molecule has 26 heavy (non-hydrogen) atoms. The van der Waals surface area contributed by atoms with Crippen LogP contribution in [0, 0.1) is 5.92 Å². The number of hydrogen-bond acceptors (Lipinski definition) is 5. The number of carbonyl (C=O) groups is 1. The zero-order chi connectivity index (χ0) is 18.3. The van der Waals surface area contributed by atoms with Crippen LogP contribution in [0.25, 0.3) is 0 Å². The first kappa shape index (κ1) is 17.5. The van der Waals surface area contributed by atoms with E-state index in [0.29, 0.717) is 17.2 Å². The molecule has 1 saturated heterocycles. The summed E-state index contributed by atoms with van der Waals surface area (Å²) in [6, 6.07) is 9.79. The Morgan fingerprint density at radius 1 is 1.27 bits per heavy atom. The molecule has 2 aromatic rings. The summed E-state index contributed by atoms with van der Waals surface area (Å²) < 4.78 is 32.9. The molecule has 138 valence electrons. The number of methoxy groups -OCH3 is 1. The van der Waals surface area contributed by atoms with Gasteiger partial charge in [-0.3, -0.25) is 4.79 Å². The van der Waals surface area contributed by atoms with Gasteiger partial charge in [0.2, 0.25) is 10.0 Å². The lowest BCUT2D eigenvalue weighted by molar-refractivity contribution is 0.0921. The van der Waals surface area contributed by atoms with Crippen molar-refractivity contribution in [2.45, 2.75) is 29.8 Å². The first-order valence-corrected chi connectivity index (χ1v) is 10.8. The number of ether oxygens (including phenoxy) is 1. The molecule has 1 N–H and O–H groups in total. The molecule has 0 radical (unpaired) electrons. The summed E-state index contributed by atoms with van der Waals surface area (Å²) in [4.78, 5) is 13.2. The number of thiophene rings is 1. The minimum Gasteiger partial charge on any atom is -0.497 e. The summed E-state index contributed by atoms with van der Waals surface area (Å²) >= 11 is 1.38. The van der Waals surface area contributed by atoms with E-state index < -0.39 is 10.0 Å². The molecular weight excluding hydrogens is 372 g/mol. The summed E-state index contributed by atoms with van der Waals surface area (Å²) in [5.74, 6) is 0.670. The number of sulfonamides is 1. The average Bonchev–Trinajstić information content (AvgIpc) is 3.38. The molecule has 1 aromatic carbocycles. The molecule has 2 heterocycles. The number of carbonyl (C=O) groups excluding carboxylic acids is 1. The second-order valence-corrected chi connectivity index (χ2v) is 9.55. The molecule has 0 unspecified atom stereocenters. The topological polar surface area (TPSA) is 75.7 Å². The Bertz CT molecular complexity index is 911. The SMILES string of the molecule is COc1cccc(S(=O)(=O)N2C[C@@H]3C[C@H](NC(=O)c4cccs4)[C@H]2C3)c1. The van der Waals surface area contributed by atoms with Gasteiger partial charge in [0, 0.05) is 24.7 Å². The van der Waals surface area contributed by atoms with E-state index in [4.69, 9.17) is 4.74 Å². The van der Waals surface area contributed by atoms with Crippen LogP contribution in [-0.4, -0.2) is 44.4 Å². The summed E-state index contributed by atoms with van der Waals surface area (Å²) in [7, 11) is -2.11. The first-order valence-electron chi connectivity index (χ1n) is 8.49. The predicted molar refractivity (Wildman–Crippen MR) is 99.0 cm³/mol. The number of nitrogens with one attached hydrogen (secondary N) is 1. The van der Waals surface area contributed by atoms with E-state index in [1.165, 1.54) is 18.4 Å². The van der Waals surface area contributed by atoms with Gasteiger partial charge in [-0.2, -0.15) is 4.31 Å². The third-order valence-electron chi connectivity index (χ3n) is 5.14. The van der Waals surface area contributed by atoms with E-state index in [2.05, 4.69) is 5.32 Å². The summed E-state index contributed by atoms with van der Waals surface area (Å²) in [5.41, 5.74) is 0. The summed E-state index contributed by atoms with van der Waals surface area (Å²) in [5, 5.41) is 4.89. The van der Waals surface area contributed by atoms with Crippen LogP contribution >= 0.6 is 11.3 Å². The predicted octanol–water partition coefficient (Wildman–Crippen LogP) is 2.34. The Balaban J connectivity index is 1.55. The van der Waals surface area contributed by atoms with Crippen molar-refractivity contribution in [3.63, 3.8) is 0 Å². The van der Waals surface area contributed by atoms with Crippen LogP contribution in [0.5, 0.6) is 5.75 Å². The van der Waals surface area contributed by atoms with Crippen molar-refractivity contribution in [3.05, 3.63) is 46.7 Å². The summed E-state index contributed by atoms with van der Waals surface area (Å²) in [6.45, 7) is 0.510. The molecular formula is C18H20N2O4S2. The largest absolute Gasteiger partial charge is 0.497 e. The molecule has 1 aromatic heterocycles. The number of fused-ring (bicyclic) bond motifs is 2. The van der Waals surface area contributed by atoms with Crippen LogP contribution in [0.15, 0.2) is 46.7 Å². The van der Waals surface area contributed by atoms with Gasteiger partial charge in [-0.1, -0.05) is 12.1 Å². The van der Waals surface area contributed by atoms with Crippen LogP contribution in [0.3, 0.4) is 0 Å². The van der Waals surface area contributed by atoms with Gasteiger partial charge in [0.25, 0.3) is 5.91 Å². The maximum Gasteiger partial charge on any atom is 0.261 e. The van der Waals surface area contributed by atoms with Crippen molar-refractivity contribution in [1.29, 1.82) is 0 Å². The fourth-order valence-electron chi connectivity index (χ4n) is 3.95. The second-order valence-electron chi connectivity index (χ2n) is 6.72. The van der Waals surface area contributed by atoms with Gasteiger partial charge in [0.15, 0.2) is 0 Å². The quantitative estimate of drug-likeness (QED) is 0.847. The van der Waals surface area contributed by atoms with Crippen LogP contribution in [0.1, 0.15) is 22.5 Å². The molecule has 6 nitrogen and oxygen atoms in total. The van der Waals surface area contributed by atoms with Crippen molar-refractivity contribution in [2.24, 2.45) is 5.92 Å². The zero-order valence-electron chi connectivity index (χ0n) is 14.3. The Hall–Kier alpha value is -1.90. The molecule has 1 amide bonds. The minimum absolute atomic E-state index is 0.128. The maximum atomic E-state index is 13.1. The van der Waals surface area contributed by atoms with Crippen LogP contribution in [0.4, 0.5) is 0 Å². The Labute approximate surface area is 156 Å². The Kier molecular flexibility index (Phi) is 4.50. The third-order valence-corrected chi connectivity index (χ3v) is 7.90. The molecule has 0 spiro atoms. The molecule has 1 saturated carbocycles. The molecule has 3 atom stereocenters. The molecule has 2 bridgehead atoms. The third kappa shape index (κ3) is 3.02. The highest BCUT2D eigenvalue weighted by Gasteiger charge is 2.50. The maximum absolute atomic E-state index is 13.1. The minimum atomic E-state index is -3.62. The van der Waals surface area contributed by atoms with Gasteiger partial charge in [-0.15, -0.1) is 11.3 Å². The fourth-order valence-corrected chi connectivity index (χ4v) is 6.36. The van der Waals surface area contributed by atoms with E-state index in [0.717, 1.165) is 12.8 Å². The lowest BCUT2D eigenvalue weighted by Gasteiger charge is -2.32. The first-order chi connectivity index (χ1) is 12.5. The molecule has 2 fully saturated rings. The fraction of sp³-hybridized carbons (Fsp3) is 0.389. The monoisotopic (exact) mass is 392 g/mol. The highest BCUT2D eigenvalue weighted by Crippen LogP contribution is 2.41. The molecule has 1 aliphatic heterocycles. The van der Waals surface area contributed by atoms with Crippen molar-refractivity contribution < 1.29 is 17.9 Å². The molecule has 2 aliphatic rings. The van der Waals surface area contributed by atoms with Crippen molar-refractivity contribution >= 4 is 27.3 Å². The van der Waals surface area contributed by atoms with Crippen LogP contribution < -0.4 is 10.1 Å². The lowest BCUT2D eigenvalue weighted by atomic mass is 10.1. The van der Waals surface area contributed by atoms with Gasteiger partial charge in [0.05, 0.1) is 16.9 Å². The Morgan fingerprint density at radius 3 is 2.81 bits per heavy atom. The average molecular weight is 393 g/mol. The highest BCUT2D eigenvalue weighted by molar-refractivity contribution is 7.89. The number of hydrogen-bond donors (Lipinski definition) is 1. The summed E-state index contributed by atoms with van der Waals surface area (Å²) in [6.07, 6.45) is 1.62. The van der Waals surface area contributed by atoms with Gasteiger partial charge < -0.3 is 10.1 Å². The van der Waals surface area contributed by atoms with Crippen LogP contribution in [-0.2, 0) is 10.0 Å². The molecule has 1 aliphatic carbocycles. The van der Waals surface area contributed by atoms with Crippen molar-refractivity contribution in [1.82, 2.24) is 9.62 Å². The van der Waals surface area contributed by atoms with E-state index in [9.17, 15) is 13.2 Å². The normalized spacial score (nSPS) is 25.3. The van der Waals surface area contributed by atoms with Crippen molar-refractivity contribution in [2.75, 3.05) is 13.7 Å². The number of amides is 1. The number of piperidine rings is 1. The number of nitrogens with zero attached hydrogens (tertiary/aromatic N) is 1. The van der Waals surface area contributed by atoms with E-state index in [-0.39, 0.29) is 28.8 Å². The molecule has 8 heteroatoms. The van der Waals surface area contributed by atoms with Gasteiger partial charge in [-0.25, -0.2) is 8.42 Å². The number of rotatable bonds is 5. The Morgan fingerprint density at radius 2 is 2.12 bits per heavy atom. The van der Waals surface area contributed by atoms with E-state index in [1.807, 2.05) is 11.4 Å². The van der Waals surface area contributed by atoms with E-state index >= 15 is 0 Å². The van der Waals surface area contributed by atoms with Crippen LogP contribution in [0.2, 0.25) is 0 Å². The second kappa shape index (κ2) is 6.68. The van der Waals surface area contributed by atoms with E-state index in [1.54, 1.807) is 34.6 Å². The number of benzene rings is 1. The lowest BCUT2D eigenvalue weighted by Crippen LogP contribution is -2.51. The van der Waals surface area contributed by atoms with Gasteiger partial charge in [-0.05, 0) is 42.3 Å². The molecule has 4 rings (SSSR count). The van der Waals surface area contributed by atoms with Gasteiger partial charge in [0.1, 0.15) is 5.75 Å². The highest BCUT2D eigenvalue weighted by atomic mass is 32.2. The zero-order valence-corrected chi connectivity index (χ0v) is 15.9. The van der Waals surface area contributed by atoms with Gasteiger partial charge >= 0.3 is 0 Å².